The van der Waals surface area contributed by atoms with Crippen molar-refractivity contribution in [2.45, 2.75) is 64.8 Å². The number of nitrogens with zero attached hydrogens (tertiary/aromatic N) is 1. The lowest BCUT2D eigenvalue weighted by Crippen LogP contribution is -2.40. The molecule has 0 spiro atoms. The predicted octanol–water partition coefficient (Wildman–Crippen LogP) is 3.84. The molecule has 0 radical (unpaired) electrons. The molecule has 0 fully saturated rings. The van der Waals surface area contributed by atoms with Gasteiger partial charge < -0.3 is 10.2 Å². The van der Waals surface area contributed by atoms with Crippen molar-refractivity contribution >= 4 is 8.32 Å². The van der Waals surface area contributed by atoms with Gasteiger partial charge in [0, 0.05) is 17.7 Å². The molecule has 1 rings (SSSR count). The zero-order chi connectivity index (χ0) is 15.6. The van der Waals surface area contributed by atoms with Crippen LogP contribution < -0.4 is 5.73 Å². The molecule has 0 unspecified atom stereocenters. The van der Waals surface area contributed by atoms with E-state index in [2.05, 4.69) is 47.7 Å². The summed E-state index contributed by atoms with van der Waals surface area (Å²) in [4.78, 5) is 4.72. The maximum absolute atomic E-state index is 6.23. The molecule has 1 aromatic rings. The number of nitrogens with two attached hydrogens (primary N) is 1. The van der Waals surface area contributed by atoms with Gasteiger partial charge in [-0.15, -0.1) is 0 Å². The van der Waals surface area contributed by atoms with Crippen LogP contribution in [0.4, 0.5) is 0 Å². The van der Waals surface area contributed by atoms with Gasteiger partial charge in [-0.1, -0.05) is 40.7 Å². The topological polar surface area (TPSA) is 48.1 Å². The fourth-order valence-electron chi connectivity index (χ4n) is 1.51. The SMILES string of the molecule is CC(C)(CN)c1cccc(CO[Si](C)(C)C(C)(C)C)n1. The van der Waals surface area contributed by atoms with Crippen LogP contribution in [-0.2, 0) is 16.4 Å². The molecule has 3 nitrogen and oxygen atoms in total. The third-order valence-corrected chi connectivity index (χ3v) is 8.88. The first-order valence-electron chi connectivity index (χ1n) is 7.30. The van der Waals surface area contributed by atoms with Crippen LogP contribution in [0.5, 0.6) is 0 Å². The van der Waals surface area contributed by atoms with E-state index in [1.807, 2.05) is 18.2 Å². The number of rotatable bonds is 5. The summed E-state index contributed by atoms with van der Waals surface area (Å²) in [7, 11) is -1.72. The number of aromatic nitrogens is 1. The predicted molar refractivity (Wildman–Crippen MR) is 88.3 cm³/mol. The zero-order valence-corrected chi connectivity index (χ0v) is 15.1. The lowest BCUT2D eigenvalue weighted by atomic mass is 9.89. The Labute approximate surface area is 125 Å². The number of hydrogen-bond donors (Lipinski definition) is 1. The van der Waals surface area contributed by atoms with E-state index in [9.17, 15) is 0 Å². The molecule has 0 aromatic carbocycles. The quantitative estimate of drug-likeness (QED) is 0.839. The van der Waals surface area contributed by atoms with E-state index < -0.39 is 8.32 Å². The minimum absolute atomic E-state index is 0.0903. The first-order chi connectivity index (χ1) is 8.99. The lowest BCUT2D eigenvalue weighted by molar-refractivity contribution is 0.271. The van der Waals surface area contributed by atoms with E-state index in [4.69, 9.17) is 15.1 Å². The van der Waals surface area contributed by atoms with Crippen molar-refractivity contribution in [2.24, 2.45) is 5.73 Å². The molecule has 1 aromatic heterocycles. The Morgan fingerprint density at radius 3 is 2.25 bits per heavy atom. The fraction of sp³-hybridized carbons (Fsp3) is 0.688. The highest BCUT2D eigenvalue weighted by molar-refractivity contribution is 6.74. The Hall–Kier alpha value is -0.713. The van der Waals surface area contributed by atoms with Gasteiger partial charge in [-0.2, -0.15) is 0 Å². The van der Waals surface area contributed by atoms with E-state index in [1.54, 1.807) is 0 Å². The van der Waals surface area contributed by atoms with Crippen LogP contribution in [-0.4, -0.2) is 19.8 Å². The average molecular weight is 295 g/mol. The minimum Gasteiger partial charge on any atom is -0.411 e. The Balaban J connectivity index is 2.83. The van der Waals surface area contributed by atoms with Gasteiger partial charge in [-0.3, -0.25) is 4.98 Å². The summed E-state index contributed by atoms with van der Waals surface area (Å²) >= 11 is 0. The molecule has 0 atom stereocenters. The molecule has 114 valence electrons. The Morgan fingerprint density at radius 1 is 1.15 bits per heavy atom. The van der Waals surface area contributed by atoms with E-state index >= 15 is 0 Å². The van der Waals surface area contributed by atoms with Crippen molar-refractivity contribution in [3.63, 3.8) is 0 Å². The molecule has 0 aliphatic rings. The van der Waals surface area contributed by atoms with Crippen LogP contribution in [0, 0.1) is 0 Å². The van der Waals surface area contributed by atoms with Crippen LogP contribution in [0.25, 0.3) is 0 Å². The van der Waals surface area contributed by atoms with Crippen LogP contribution in [0.2, 0.25) is 18.1 Å². The summed E-state index contributed by atoms with van der Waals surface area (Å²) in [5.74, 6) is 0. The van der Waals surface area contributed by atoms with E-state index in [-0.39, 0.29) is 10.5 Å². The van der Waals surface area contributed by atoms with Crippen LogP contribution in [0.3, 0.4) is 0 Å². The largest absolute Gasteiger partial charge is 0.411 e. The summed E-state index contributed by atoms with van der Waals surface area (Å²) in [6.45, 7) is 16.7. The second-order valence-corrected chi connectivity index (χ2v) is 12.5. The Bertz CT molecular complexity index is 450. The highest BCUT2D eigenvalue weighted by Crippen LogP contribution is 2.37. The molecule has 0 aliphatic heterocycles. The Morgan fingerprint density at radius 2 is 1.75 bits per heavy atom. The molecule has 20 heavy (non-hydrogen) atoms. The minimum atomic E-state index is -1.72. The Kier molecular flexibility index (Phi) is 5.16. The van der Waals surface area contributed by atoms with Crippen molar-refractivity contribution in [1.29, 1.82) is 0 Å². The van der Waals surface area contributed by atoms with Crippen LogP contribution in [0.15, 0.2) is 18.2 Å². The third-order valence-electron chi connectivity index (χ3n) is 4.40. The summed E-state index contributed by atoms with van der Waals surface area (Å²) in [6, 6.07) is 6.12. The normalized spacial score (nSPS) is 13.6. The van der Waals surface area contributed by atoms with Gasteiger partial charge in [-0.05, 0) is 30.3 Å². The second kappa shape index (κ2) is 5.96. The van der Waals surface area contributed by atoms with E-state index in [0.29, 0.717) is 13.2 Å². The molecule has 0 aliphatic carbocycles. The molecule has 0 saturated heterocycles. The molecule has 4 heteroatoms. The number of pyridine rings is 1. The summed E-state index contributed by atoms with van der Waals surface area (Å²) < 4.78 is 6.23. The maximum Gasteiger partial charge on any atom is 0.192 e. The molecule has 0 bridgehead atoms. The van der Waals surface area contributed by atoms with Gasteiger partial charge in [0.2, 0.25) is 0 Å². The lowest BCUT2D eigenvalue weighted by Gasteiger charge is -2.36. The van der Waals surface area contributed by atoms with Gasteiger partial charge in [0.1, 0.15) is 0 Å². The highest BCUT2D eigenvalue weighted by Gasteiger charge is 2.37. The smallest absolute Gasteiger partial charge is 0.192 e. The summed E-state index contributed by atoms with van der Waals surface area (Å²) in [5.41, 5.74) is 7.77. The fourth-order valence-corrected chi connectivity index (χ4v) is 2.45. The van der Waals surface area contributed by atoms with Crippen molar-refractivity contribution in [3.8, 4) is 0 Å². The monoisotopic (exact) mass is 294 g/mol. The van der Waals surface area contributed by atoms with Gasteiger partial charge in [0.15, 0.2) is 8.32 Å². The average Bonchev–Trinajstić information content (AvgIpc) is 2.35. The maximum atomic E-state index is 6.23. The molecule has 1 heterocycles. The zero-order valence-electron chi connectivity index (χ0n) is 14.1. The van der Waals surface area contributed by atoms with Gasteiger partial charge in [0.05, 0.1) is 12.3 Å². The molecular formula is C16H30N2OSi. The van der Waals surface area contributed by atoms with Crippen molar-refractivity contribution in [1.82, 2.24) is 4.98 Å². The first kappa shape index (κ1) is 17.3. The molecular weight excluding hydrogens is 264 g/mol. The van der Waals surface area contributed by atoms with Gasteiger partial charge in [-0.25, -0.2) is 0 Å². The standard InChI is InChI=1S/C16H30N2OSi/c1-15(2,3)20(6,7)19-11-13-9-8-10-14(18-13)16(4,5)12-17/h8-10H,11-12,17H2,1-7H3. The van der Waals surface area contributed by atoms with Gasteiger partial charge in [0.25, 0.3) is 0 Å². The van der Waals surface area contributed by atoms with E-state index in [0.717, 1.165) is 11.4 Å². The van der Waals surface area contributed by atoms with Crippen LogP contribution >= 0.6 is 0 Å². The highest BCUT2D eigenvalue weighted by atomic mass is 28.4. The second-order valence-electron chi connectivity index (χ2n) is 7.65. The van der Waals surface area contributed by atoms with Crippen LogP contribution in [0.1, 0.15) is 46.0 Å². The summed E-state index contributed by atoms with van der Waals surface area (Å²) in [6.07, 6.45) is 0. The van der Waals surface area contributed by atoms with Crippen molar-refractivity contribution in [3.05, 3.63) is 29.6 Å². The molecule has 0 saturated carbocycles. The number of hydrogen-bond acceptors (Lipinski definition) is 3. The van der Waals surface area contributed by atoms with Crippen molar-refractivity contribution in [2.75, 3.05) is 6.54 Å². The summed E-state index contributed by atoms with van der Waals surface area (Å²) in [5, 5.41) is 0.223. The molecule has 2 N–H and O–H groups in total. The van der Waals surface area contributed by atoms with Gasteiger partial charge >= 0.3 is 0 Å². The van der Waals surface area contributed by atoms with Crippen molar-refractivity contribution < 1.29 is 4.43 Å². The van der Waals surface area contributed by atoms with E-state index in [1.165, 1.54) is 0 Å². The molecule has 0 amide bonds. The third kappa shape index (κ3) is 4.14. The first-order valence-corrected chi connectivity index (χ1v) is 10.2.